The van der Waals surface area contributed by atoms with Gasteiger partial charge in [0.25, 0.3) is 0 Å². The van der Waals surface area contributed by atoms with Gasteiger partial charge in [0.2, 0.25) is 0 Å². The summed E-state index contributed by atoms with van der Waals surface area (Å²) in [7, 11) is 0. The number of urea groups is 1. The van der Waals surface area contributed by atoms with Crippen LogP contribution in [0.15, 0.2) is 0 Å². The van der Waals surface area contributed by atoms with E-state index in [1.807, 2.05) is 0 Å². The molecule has 0 bridgehead atoms. The monoisotopic (exact) mass is 259 g/mol. The van der Waals surface area contributed by atoms with Gasteiger partial charge in [0.15, 0.2) is 6.10 Å². The van der Waals surface area contributed by atoms with Gasteiger partial charge in [-0.1, -0.05) is 6.92 Å². The van der Waals surface area contributed by atoms with Crippen LogP contribution in [0.1, 0.15) is 19.8 Å². The van der Waals surface area contributed by atoms with Gasteiger partial charge >= 0.3 is 12.0 Å². The van der Waals surface area contributed by atoms with E-state index in [1.54, 1.807) is 0 Å². The molecule has 1 rings (SSSR count). The molecule has 1 heterocycles. The Hall–Kier alpha value is -1.34. The first-order valence-corrected chi connectivity index (χ1v) is 6.21. The number of carbonyl (C=O) groups excluding carboxylic acids is 1. The fraction of sp³-hybridized carbons (Fsp3) is 0.818. The van der Waals surface area contributed by atoms with E-state index < -0.39 is 18.1 Å². The molecular weight excluding hydrogens is 238 g/mol. The molecule has 7 heteroatoms. The van der Waals surface area contributed by atoms with Crippen molar-refractivity contribution in [2.45, 2.75) is 31.9 Å². The van der Waals surface area contributed by atoms with Crippen molar-refractivity contribution in [1.29, 1.82) is 0 Å². The summed E-state index contributed by atoms with van der Waals surface area (Å²) in [6, 6.07) is -0.0941. The Morgan fingerprint density at radius 2 is 2.17 bits per heavy atom. The summed E-state index contributed by atoms with van der Waals surface area (Å²) in [6.07, 6.45) is 0.639. The number of carboxylic acid groups (broad SMARTS) is 1. The van der Waals surface area contributed by atoms with Crippen molar-refractivity contribution in [3.8, 4) is 0 Å². The number of carboxylic acids is 1. The molecule has 0 spiro atoms. The van der Waals surface area contributed by atoms with Gasteiger partial charge in [0.1, 0.15) is 0 Å². The van der Waals surface area contributed by atoms with Gasteiger partial charge in [-0.15, -0.1) is 0 Å². The zero-order valence-corrected chi connectivity index (χ0v) is 10.6. The number of aliphatic hydroxyl groups is 1. The highest BCUT2D eigenvalue weighted by Crippen LogP contribution is 2.15. The second-order valence-corrected chi connectivity index (χ2v) is 4.37. The standard InChI is InChI=1S/C11H21N3O4/c1-2-14-5-3-4-8(14)6-12-11(18)13-7-9(15)10(16)17/h8-9,15H,2-7H2,1H3,(H,16,17)(H2,12,13,18). The number of nitrogens with zero attached hydrogens (tertiary/aromatic N) is 1. The van der Waals surface area contributed by atoms with Crippen LogP contribution in [0.4, 0.5) is 4.79 Å². The van der Waals surface area contributed by atoms with Crippen molar-refractivity contribution in [2.75, 3.05) is 26.2 Å². The summed E-state index contributed by atoms with van der Waals surface area (Å²) in [4.78, 5) is 24.0. The second kappa shape index (κ2) is 7.17. The first-order chi connectivity index (χ1) is 8.54. The second-order valence-electron chi connectivity index (χ2n) is 4.37. The number of aliphatic carboxylic acids is 1. The third-order valence-electron chi connectivity index (χ3n) is 3.14. The molecule has 1 saturated heterocycles. The molecule has 18 heavy (non-hydrogen) atoms. The zero-order valence-electron chi connectivity index (χ0n) is 10.6. The average molecular weight is 259 g/mol. The van der Waals surface area contributed by atoms with Crippen molar-refractivity contribution in [1.82, 2.24) is 15.5 Å². The Balaban J connectivity index is 2.19. The van der Waals surface area contributed by atoms with E-state index in [2.05, 4.69) is 22.5 Å². The summed E-state index contributed by atoms with van der Waals surface area (Å²) in [5, 5.41) is 22.4. The number of rotatable bonds is 6. The third-order valence-corrected chi connectivity index (χ3v) is 3.14. The van der Waals surface area contributed by atoms with Gasteiger partial charge in [0.05, 0.1) is 6.54 Å². The van der Waals surface area contributed by atoms with Gasteiger partial charge < -0.3 is 20.8 Å². The topological polar surface area (TPSA) is 102 Å². The van der Waals surface area contributed by atoms with E-state index in [0.717, 1.165) is 25.9 Å². The first kappa shape index (κ1) is 14.7. The Kier molecular flexibility index (Phi) is 5.87. The Morgan fingerprint density at radius 1 is 1.44 bits per heavy atom. The lowest BCUT2D eigenvalue weighted by atomic mass is 10.2. The van der Waals surface area contributed by atoms with Crippen LogP contribution in [-0.4, -0.2) is 65.4 Å². The molecule has 1 aliphatic rings. The predicted octanol–water partition coefficient (Wildman–Crippen LogP) is -0.785. The number of amides is 2. The lowest BCUT2D eigenvalue weighted by Crippen LogP contribution is -2.46. The number of likely N-dealkylation sites (tertiary alicyclic amines) is 1. The molecule has 2 amide bonds. The van der Waals surface area contributed by atoms with Gasteiger partial charge in [-0.3, -0.25) is 4.90 Å². The number of hydrogen-bond donors (Lipinski definition) is 4. The fourth-order valence-electron chi connectivity index (χ4n) is 2.09. The summed E-state index contributed by atoms with van der Waals surface area (Å²) in [5.41, 5.74) is 0. The van der Waals surface area contributed by atoms with Crippen LogP contribution in [0.3, 0.4) is 0 Å². The molecule has 1 aliphatic heterocycles. The maximum Gasteiger partial charge on any atom is 0.334 e. The van der Waals surface area contributed by atoms with Crippen LogP contribution >= 0.6 is 0 Å². The summed E-state index contributed by atoms with van der Waals surface area (Å²) in [5.74, 6) is -1.34. The van der Waals surface area contributed by atoms with Crippen molar-refractivity contribution in [2.24, 2.45) is 0 Å². The van der Waals surface area contributed by atoms with Crippen LogP contribution in [-0.2, 0) is 4.79 Å². The van der Waals surface area contributed by atoms with Crippen LogP contribution in [0.2, 0.25) is 0 Å². The smallest absolute Gasteiger partial charge is 0.334 e. The lowest BCUT2D eigenvalue weighted by molar-refractivity contribution is -0.146. The predicted molar refractivity (Wildman–Crippen MR) is 65.3 cm³/mol. The summed E-state index contributed by atoms with van der Waals surface area (Å²) in [6.45, 7) is 4.36. The molecule has 0 saturated carbocycles. The molecule has 0 aromatic heterocycles. The van der Waals surface area contributed by atoms with E-state index in [4.69, 9.17) is 10.2 Å². The van der Waals surface area contributed by atoms with Crippen molar-refractivity contribution >= 4 is 12.0 Å². The van der Waals surface area contributed by atoms with Crippen molar-refractivity contribution in [3.63, 3.8) is 0 Å². The number of likely N-dealkylation sites (N-methyl/N-ethyl adjacent to an activating group) is 1. The molecular formula is C11H21N3O4. The minimum absolute atomic E-state index is 0.288. The fourth-order valence-corrected chi connectivity index (χ4v) is 2.09. The molecule has 0 aliphatic carbocycles. The highest BCUT2D eigenvalue weighted by atomic mass is 16.4. The number of hydrogen-bond acceptors (Lipinski definition) is 4. The van der Waals surface area contributed by atoms with Crippen LogP contribution < -0.4 is 10.6 Å². The van der Waals surface area contributed by atoms with E-state index >= 15 is 0 Å². The van der Waals surface area contributed by atoms with E-state index in [1.165, 1.54) is 0 Å². The van der Waals surface area contributed by atoms with Crippen LogP contribution in [0.5, 0.6) is 0 Å². The summed E-state index contributed by atoms with van der Waals surface area (Å²) < 4.78 is 0. The number of carbonyl (C=O) groups is 2. The SMILES string of the molecule is CCN1CCCC1CNC(=O)NCC(O)C(=O)O. The minimum atomic E-state index is -1.56. The average Bonchev–Trinajstić information content (AvgIpc) is 2.80. The van der Waals surface area contributed by atoms with E-state index in [9.17, 15) is 9.59 Å². The summed E-state index contributed by atoms with van der Waals surface area (Å²) >= 11 is 0. The highest BCUT2D eigenvalue weighted by molar-refractivity contribution is 5.76. The van der Waals surface area contributed by atoms with Gasteiger partial charge in [-0.05, 0) is 25.9 Å². The van der Waals surface area contributed by atoms with Crippen molar-refractivity contribution in [3.05, 3.63) is 0 Å². The molecule has 2 atom stereocenters. The molecule has 2 unspecified atom stereocenters. The molecule has 0 aromatic carbocycles. The maximum atomic E-state index is 11.4. The number of nitrogens with one attached hydrogen (secondary N) is 2. The normalized spacial score (nSPS) is 21.6. The highest BCUT2D eigenvalue weighted by Gasteiger charge is 2.23. The van der Waals surface area contributed by atoms with E-state index in [-0.39, 0.29) is 6.54 Å². The molecule has 0 radical (unpaired) electrons. The Bertz CT molecular complexity index is 298. The zero-order chi connectivity index (χ0) is 13.5. The molecule has 104 valence electrons. The van der Waals surface area contributed by atoms with Gasteiger partial charge in [-0.25, -0.2) is 9.59 Å². The van der Waals surface area contributed by atoms with Gasteiger partial charge in [0, 0.05) is 12.6 Å². The minimum Gasteiger partial charge on any atom is -0.479 e. The third kappa shape index (κ3) is 4.50. The van der Waals surface area contributed by atoms with E-state index in [0.29, 0.717) is 12.6 Å². The molecule has 7 nitrogen and oxygen atoms in total. The van der Waals surface area contributed by atoms with Crippen LogP contribution in [0, 0.1) is 0 Å². The first-order valence-electron chi connectivity index (χ1n) is 6.21. The molecule has 0 aromatic rings. The lowest BCUT2D eigenvalue weighted by Gasteiger charge is -2.23. The van der Waals surface area contributed by atoms with Crippen molar-refractivity contribution < 1.29 is 19.8 Å². The Morgan fingerprint density at radius 3 is 2.78 bits per heavy atom. The molecule has 4 N–H and O–H groups in total. The number of aliphatic hydroxyl groups excluding tert-OH is 1. The largest absolute Gasteiger partial charge is 0.479 e. The quantitative estimate of drug-likeness (QED) is 0.501. The Labute approximate surface area is 106 Å². The molecule has 1 fully saturated rings. The van der Waals surface area contributed by atoms with Crippen LogP contribution in [0.25, 0.3) is 0 Å². The maximum absolute atomic E-state index is 11.4. The van der Waals surface area contributed by atoms with Gasteiger partial charge in [-0.2, -0.15) is 0 Å².